The van der Waals surface area contributed by atoms with Crippen LogP contribution in [0.25, 0.3) is 0 Å². The minimum absolute atomic E-state index is 0.0766. The Kier molecular flexibility index (Phi) is 5.23. The van der Waals surface area contributed by atoms with Crippen LogP contribution in [0.15, 0.2) is 24.3 Å². The fraction of sp³-hybridized carbons (Fsp3) is 0.385. The summed E-state index contributed by atoms with van der Waals surface area (Å²) in [6, 6.07) is 4.87. The van der Waals surface area contributed by atoms with Crippen molar-refractivity contribution in [1.29, 1.82) is 0 Å². The van der Waals surface area contributed by atoms with Gasteiger partial charge in [0.2, 0.25) is 6.79 Å². The van der Waals surface area contributed by atoms with Gasteiger partial charge < -0.3 is 14.2 Å². The molecule has 1 aromatic rings. The lowest BCUT2D eigenvalue weighted by Gasteiger charge is -2.16. The highest BCUT2D eigenvalue weighted by Crippen LogP contribution is 2.18. The SMILES string of the molecule is CC(C)(C)C(=O)OCOC(=O)Oc1ccc([N+](=O)[O-])cc1. The largest absolute Gasteiger partial charge is 0.516 e. The summed E-state index contributed by atoms with van der Waals surface area (Å²) in [4.78, 5) is 32.6. The van der Waals surface area contributed by atoms with E-state index in [1.54, 1.807) is 20.8 Å². The molecule has 0 spiro atoms. The number of esters is 1. The molecule has 0 unspecified atom stereocenters. The summed E-state index contributed by atoms with van der Waals surface area (Å²) >= 11 is 0. The average molecular weight is 297 g/mol. The maximum absolute atomic E-state index is 11.4. The molecule has 0 amide bonds. The van der Waals surface area contributed by atoms with E-state index in [2.05, 4.69) is 4.74 Å². The second kappa shape index (κ2) is 6.69. The molecule has 0 bridgehead atoms. The molecule has 0 fully saturated rings. The van der Waals surface area contributed by atoms with Crippen LogP contribution in [0.2, 0.25) is 0 Å². The van der Waals surface area contributed by atoms with Crippen LogP contribution < -0.4 is 4.74 Å². The topological polar surface area (TPSA) is 105 Å². The second-order valence-electron chi connectivity index (χ2n) is 5.05. The molecule has 0 heterocycles. The standard InChI is InChI=1S/C13H15NO7/c1-13(2,3)11(15)19-8-20-12(16)21-10-6-4-9(5-7-10)14(17)18/h4-7H,8H2,1-3H3. The highest BCUT2D eigenvalue weighted by molar-refractivity contribution is 5.75. The normalized spacial score (nSPS) is 10.6. The number of ether oxygens (including phenoxy) is 3. The second-order valence-corrected chi connectivity index (χ2v) is 5.05. The summed E-state index contributed by atoms with van der Waals surface area (Å²) in [6.45, 7) is 4.40. The van der Waals surface area contributed by atoms with Crippen LogP contribution in [0, 0.1) is 15.5 Å². The number of non-ortho nitro benzene ring substituents is 1. The third kappa shape index (κ3) is 5.47. The number of nitro groups is 1. The lowest BCUT2D eigenvalue weighted by atomic mass is 9.98. The van der Waals surface area contributed by atoms with E-state index >= 15 is 0 Å². The smallest absolute Gasteiger partial charge is 0.427 e. The van der Waals surface area contributed by atoms with Crippen molar-refractivity contribution in [3.63, 3.8) is 0 Å². The van der Waals surface area contributed by atoms with E-state index in [0.29, 0.717) is 0 Å². The Morgan fingerprint density at radius 2 is 1.71 bits per heavy atom. The summed E-state index contributed by atoms with van der Waals surface area (Å²) < 4.78 is 14.0. The fourth-order valence-corrected chi connectivity index (χ4v) is 1.11. The van der Waals surface area contributed by atoms with Crippen molar-refractivity contribution in [3.8, 4) is 5.75 Å². The van der Waals surface area contributed by atoms with E-state index in [9.17, 15) is 19.7 Å². The first-order valence-electron chi connectivity index (χ1n) is 5.96. The number of hydrogen-bond acceptors (Lipinski definition) is 7. The quantitative estimate of drug-likeness (QED) is 0.276. The van der Waals surface area contributed by atoms with Crippen molar-refractivity contribution < 1.29 is 28.7 Å². The Morgan fingerprint density at radius 1 is 1.14 bits per heavy atom. The molecule has 0 atom stereocenters. The first kappa shape index (κ1) is 16.4. The van der Waals surface area contributed by atoms with Crippen molar-refractivity contribution in [2.45, 2.75) is 20.8 Å². The van der Waals surface area contributed by atoms with Gasteiger partial charge in [0, 0.05) is 12.1 Å². The number of benzene rings is 1. The fourth-order valence-electron chi connectivity index (χ4n) is 1.11. The van der Waals surface area contributed by atoms with Gasteiger partial charge in [-0.15, -0.1) is 0 Å². The van der Waals surface area contributed by atoms with Gasteiger partial charge in [0.05, 0.1) is 10.3 Å². The van der Waals surface area contributed by atoms with Crippen LogP contribution in [0.1, 0.15) is 20.8 Å². The first-order valence-corrected chi connectivity index (χ1v) is 5.96. The van der Waals surface area contributed by atoms with Crippen molar-refractivity contribution in [1.82, 2.24) is 0 Å². The molecule has 114 valence electrons. The van der Waals surface area contributed by atoms with E-state index in [4.69, 9.17) is 9.47 Å². The molecule has 0 radical (unpaired) electrons. The molecule has 21 heavy (non-hydrogen) atoms. The van der Waals surface area contributed by atoms with Crippen LogP contribution in [-0.4, -0.2) is 23.8 Å². The van der Waals surface area contributed by atoms with Gasteiger partial charge in [0.15, 0.2) is 0 Å². The zero-order valence-electron chi connectivity index (χ0n) is 11.8. The Balaban J connectivity index is 2.40. The number of nitrogens with zero attached hydrogens (tertiary/aromatic N) is 1. The molecule has 0 aliphatic rings. The van der Waals surface area contributed by atoms with Crippen molar-refractivity contribution >= 4 is 17.8 Å². The third-order valence-corrected chi connectivity index (χ3v) is 2.23. The van der Waals surface area contributed by atoms with E-state index in [1.165, 1.54) is 24.3 Å². The van der Waals surface area contributed by atoms with Gasteiger partial charge in [0.1, 0.15) is 5.75 Å². The number of carbonyl (C=O) groups is 2. The molecular formula is C13H15NO7. The molecule has 0 aromatic heterocycles. The van der Waals surface area contributed by atoms with E-state index in [-0.39, 0.29) is 11.4 Å². The van der Waals surface area contributed by atoms with Crippen LogP contribution >= 0.6 is 0 Å². The van der Waals surface area contributed by atoms with E-state index in [0.717, 1.165) is 0 Å². The van der Waals surface area contributed by atoms with Crippen molar-refractivity contribution in [3.05, 3.63) is 34.4 Å². The molecule has 0 saturated heterocycles. The molecule has 1 rings (SSSR count). The van der Waals surface area contributed by atoms with Crippen LogP contribution in [0.3, 0.4) is 0 Å². The van der Waals surface area contributed by atoms with E-state index in [1.807, 2.05) is 0 Å². The van der Waals surface area contributed by atoms with Gasteiger partial charge in [-0.25, -0.2) is 4.79 Å². The predicted molar refractivity (Wildman–Crippen MR) is 70.6 cm³/mol. The van der Waals surface area contributed by atoms with Gasteiger partial charge in [-0.3, -0.25) is 14.9 Å². The van der Waals surface area contributed by atoms with Crippen molar-refractivity contribution in [2.24, 2.45) is 5.41 Å². The molecule has 0 aliphatic carbocycles. The van der Waals surface area contributed by atoms with Gasteiger partial charge >= 0.3 is 12.1 Å². The summed E-state index contributed by atoms with van der Waals surface area (Å²) in [5, 5.41) is 10.4. The van der Waals surface area contributed by atoms with Gasteiger partial charge in [-0.1, -0.05) is 0 Å². The summed E-state index contributed by atoms with van der Waals surface area (Å²) in [7, 11) is 0. The predicted octanol–water partition coefficient (Wildman–Crippen LogP) is 2.66. The summed E-state index contributed by atoms with van der Waals surface area (Å²) in [5.74, 6) is -0.446. The van der Waals surface area contributed by atoms with Crippen LogP contribution in [-0.2, 0) is 14.3 Å². The zero-order valence-corrected chi connectivity index (χ0v) is 11.8. The van der Waals surface area contributed by atoms with Crippen LogP contribution in [0.4, 0.5) is 10.5 Å². The molecule has 1 aromatic carbocycles. The van der Waals surface area contributed by atoms with Gasteiger partial charge in [-0.2, -0.15) is 0 Å². The zero-order chi connectivity index (χ0) is 16.0. The minimum Gasteiger partial charge on any atom is -0.427 e. The molecule has 8 heteroatoms. The number of hydrogen-bond donors (Lipinski definition) is 0. The van der Waals surface area contributed by atoms with Gasteiger partial charge in [0.25, 0.3) is 5.69 Å². The Hall–Kier alpha value is -2.64. The molecule has 8 nitrogen and oxygen atoms in total. The summed E-state index contributed by atoms with van der Waals surface area (Å²) in [5.41, 5.74) is -0.833. The highest BCUT2D eigenvalue weighted by Gasteiger charge is 2.23. The molecule has 0 aliphatic heterocycles. The molecule has 0 saturated carbocycles. The van der Waals surface area contributed by atoms with Gasteiger partial charge in [-0.05, 0) is 32.9 Å². The number of nitro benzene ring substituents is 1. The minimum atomic E-state index is -1.08. The van der Waals surface area contributed by atoms with E-state index < -0.39 is 29.3 Å². The Labute approximate surface area is 120 Å². The monoisotopic (exact) mass is 297 g/mol. The first-order chi connectivity index (χ1) is 9.70. The lowest BCUT2D eigenvalue weighted by Crippen LogP contribution is -2.25. The van der Waals surface area contributed by atoms with Crippen LogP contribution in [0.5, 0.6) is 5.75 Å². The Morgan fingerprint density at radius 3 is 2.19 bits per heavy atom. The average Bonchev–Trinajstić information content (AvgIpc) is 2.38. The third-order valence-electron chi connectivity index (χ3n) is 2.23. The highest BCUT2D eigenvalue weighted by atomic mass is 16.8. The maximum atomic E-state index is 11.4. The lowest BCUT2D eigenvalue weighted by molar-refractivity contribution is -0.384. The Bertz CT molecular complexity index is 530. The molecule has 0 N–H and O–H groups in total. The number of rotatable bonds is 4. The maximum Gasteiger partial charge on any atom is 0.516 e. The summed E-state index contributed by atoms with van der Waals surface area (Å²) in [6.07, 6.45) is -1.08. The number of carbonyl (C=O) groups excluding carboxylic acids is 2. The van der Waals surface area contributed by atoms with Crippen molar-refractivity contribution in [2.75, 3.05) is 6.79 Å². The molecular weight excluding hydrogens is 282 g/mol.